The molecule has 23 heavy (non-hydrogen) atoms. The summed E-state index contributed by atoms with van der Waals surface area (Å²) in [6.45, 7) is 0. The van der Waals surface area contributed by atoms with Crippen molar-refractivity contribution in [3.8, 4) is 5.75 Å². The van der Waals surface area contributed by atoms with Gasteiger partial charge in [-0.3, -0.25) is 0 Å². The molecule has 116 valence electrons. The number of nitrogen functional groups attached to an aromatic ring is 1. The van der Waals surface area contributed by atoms with Crippen LogP contribution >= 0.6 is 23.5 Å². The van der Waals surface area contributed by atoms with Crippen molar-refractivity contribution >= 4 is 29.2 Å². The fraction of sp³-hybridized carbons (Fsp3) is 0.0526. The molecule has 0 aliphatic rings. The molecule has 0 bridgehead atoms. The highest BCUT2D eigenvalue weighted by Gasteiger charge is 2.08. The minimum Gasteiger partial charge on any atom is -0.497 e. The van der Waals surface area contributed by atoms with Crippen LogP contribution in [0, 0.1) is 0 Å². The molecule has 0 aliphatic heterocycles. The highest BCUT2D eigenvalue weighted by molar-refractivity contribution is 8.02. The van der Waals surface area contributed by atoms with Gasteiger partial charge in [-0.15, -0.1) is 0 Å². The maximum atomic E-state index is 6.06. The highest BCUT2D eigenvalue weighted by atomic mass is 32.2. The predicted octanol–water partition coefficient (Wildman–Crippen LogP) is 5.58. The average molecular weight is 339 g/mol. The normalized spacial score (nSPS) is 10.5. The van der Waals surface area contributed by atoms with E-state index < -0.39 is 0 Å². The number of nitrogens with two attached hydrogens (primary N) is 1. The lowest BCUT2D eigenvalue weighted by atomic mass is 10.3. The summed E-state index contributed by atoms with van der Waals surface area (Å²) in [6.07, 6.45) is 0. The second-order valence-electron chi connectivity index (χ2n) is 4.86. The van der Waals surface area contributed by atoms with E-state index in [0.717, 1.165) is 16.3 Å². The topological polar surface area (TPSA) is 35.2 Å². The van der Waals surface area contributed by atoms with Crippen LogP contribution in [-0.4, -0.2) is 7.11 Å². The second-order valence-corrected chi connectivity index (χ2v) is 7.06. The Labute approximate surface area is 145 Å². The maximum absolute atomic E-state index is 6.06. The van der Waals surface area contributed by atoms with Gasteiger partial charge >= 0.3 is 0 Å². The van der Waals surface area contributed by atoms with Crippen LogP contribution in [0.15, 0.2) is 92.4 Å². The largest absolute Gasteiger partial charge is 0.497 e. The maximum Gasteiger partial charge on any atom is 0.118 e. The van der Waals surface area contributed by atoms with E-state index in [4.69, 9.17) is 10.5 Å². The molecule has 3 aromatic carbocycles. The molecule has 0 amide bonds. The zero-order chi connectivity index (χ0) is 16.1. The number of hydrogen-bond donors (Lipinski definition) is 1. The third kappa shape index (κ3) is 4.03. The quantitative estimate of drug-likeness (QED) is 0.615. The van der Waals surface area contributed by atoms with Crippen LogP contribution in [0.1, 0.15) is 0 Å². The molecular weight excluding hydrogens is 322 g/mol. The molecule has 0 heterocycles. The van der Waals surface area contributed by atoms with Crippen LogP contribution in [0.5, 0.6) is 5.75 Å². The third-order valence-electron chi connectivity index (χ3n) is 3.28. The smallest absolute Gasteiger partial charge is 0.118 e. The number of benzene rings is 3. The highest BCUT2D eigenvalue weighted by Crippen LogP contribution is 2.40. The van der Waals surface area contributed by atoms with Crippen LogP contribution in [0.3, 0.4) is 0 Å². The molecule has 0 aliphatic carbocycles. The van der Waals surface area contributed by atoms with Gasteiger partial charge < -0.3 is 10.5 Å². The SMILES string of the molecule is COc1ccc(Sc2ccccc2Sc2ccccc2N)cc1. The summed E-state index contributed by atoms with van der Waals surface area (Å²) >= 11 is 3.44. The van der Waals surface area contributed by atoms with Crippen molar-refractivity contribution in [1.29, 1.82) is 0 Å². The molecule has 0 radical (unpaired) electrons. The lowest BCUT2D eigenvalue weighted by molar-refractivity contribution is 0.414. The fourth-order valence-corrected chi connectivity index (χ4v) is 4.06. The van der Waals surface area contributed by atoms with Crippen LogP contribution in [0.25, 0.3) is 0 Å². The zero-order valence-corrected chi connectivity index (χ0v) is 14.4. The van der Waals surface area contributed by atoms with E-state index in [9.17, 15) is 0 Å². The molecule has 0 unspecified atom stereocenters. The van der Waals surface area contributed by atoms with Crippen molar-refractivity contribution in [3.63, 3.8) is 0 Å². The Morgan fingerprint density at radius 3 is 1.87 bits per heavy atom. The molecule has 3 rings (SSSR count). The number of hydrogen-bond acceptors (Lipinski definition) is 4. The Kier molecular flexibility index (Phi) is 5.16. The van der Waals surface area contributed by atoms with Gasteiger partial charge in [0.05, 0.1) is 7.11 Å². The Balaban J connectivity index is 1.84. The Hall–Kier alpha value is -2.04. The Bertz CT molecular complexity index is 787. The van der Waals surface area contributed by atoms with Crippen LogP contribution in [0.2, 0.25) is 0 Å². The van der Waals surface area contributed by atoms with E-state index in [1.165, 1.54) is 14.7 Å². The monoisotopic (exact) mass is 339 g/mol. The number of ether oxygens (including phenoxy) is 1. The van der Waals surface area contributed by atoms with Gasteiger partial charge in [0.15, 0.2) is 0 Å². The molecule has 2 N–H and O–H groups in total. The van der Waals surface area contributed by atoms with Gasteiger partial charge in [-0.2, -0.15) is 0 Å². The van der Waals surface area contributed by atoms with Crippen LogP contribution < -0.4 is 10.5 Å². The number of methoxy groups -OCH3 is 1. The van der Waals surface area contributed by atoms with Crippen LogP contribution in [0.4, 0.5) is 5.69 Å². The van der Waals surface area contributed by atoms with E-state index in [1.54, 1.807) is 30.6 Å². The first kappa shape index (κ1) is 15.8. The first-order chi connectivity index (χ1) is 11.3. The average Bonchev–Trinajstić information content (AvgIpc) is 2.59. The summed E-state index contributed by atoms with van der Waals surface area (Å²) in [7, 11) is 1.68. The van der Waals surface area contributed by atoms with Gasteiger partial charge in [0.2, 0.25) is 0 Å². The molecule has 4 heteroatoms. The van der Waals surface area contributed by atoms with Crippen molar-refractivity contribution in [2.24, 2.45) is 0 Å². The molecule has 0 saturated carbocycles. The van der Waals surface area contributed by atoms with E-state index >= 15 is 0 Å². The van der Waals surface area contributed by atoms with Crippen molar-refractivity contribution in [2.75, 3.05) is 12.8 Å². The minimum atomic E-state index is 0.807. The summed E-state index contributed by atoms with van der Waals surface area (Å²) < 4.78 is 5.21. The number of rotatable bonds is 5. The molecule has 0 aromatic heterocycles. The van der Waals surface area contributed by atoms with E-state index in [0.29, 0.717) is 0 Å². The Morgan fingerprint density at radius 2 is 1.26 bits per heavy atom. The molecule has 2 nitrogen and oxygen atoms in total. The van der Waals surface area contributed by atoms with Gasteiger partial charge in [-0.25, -0.2) is 0 Å². The third-order valence-corrected chi connectivity index (χ3v) is 5.66. The van der Waals surface area contributed by atoms with Gasteiger partial charge in [0.1, 0.15) is 5.75 Å². The summed E-state index contributed by atoms with van der Waals surface area (Å²) in [6, 6.07) is 24.4. The zero-order valence-electron chi connectivity index (χ0n) is 12.7. The molecule has 0 saturated heterocycles. The van der Waals surface area contributed by atoms with Crippen molar-refractivity contribution in [2.45, 2.75) is 19.6 Å². The van der Waals surface area contributed by atoms with E-state index in [2.05, 4.69) is 42.5 Å². The lowest BCUT2D eigenvalue weighted by Gasteiger charge is -2.10. The summed E-state index contributed by atoms with van der Waals surface area (Å²) in [5, 5.41) is 0. The van der Waals surface area contributed by atoms with Gasteiger partial charge in [-0.05, 0) is 48.5 Å². The summed E-state index contributed by atoms with van der Waals surface area (Å²) in [4.78, 5) is 4.67. The second kappa shape index (κ2) is 7.49. The van der Waals surface area contributed by atoms with Gasteiger partial charge in [0, 0.05) is 25.3 Å². The van der Waals surface area contributed by atoms with Gasteiger partial charge in [0.25, 0.3) is 0 Å². The van der Waals surface area contributed by atoms with Crippen LogP contribution in [-0.2, 0) is 0 Å². The summed E-state index contributed by atoms with van der Waals surface area (Å²) in [5.41, 5.74) is 6.87. The van der Waals surface area contributed by atoms with Crippen molar-refractivity contribution < 1.29 is 4.74 Å². The minimum absolute atomic E-state index is 0.807. The Morgan fingerprint density at radius 1 is 0.696 bits per heavy atom. The van der Waals surface area contributed by atoms with E-state index in [1.807, 2.05) is 30.3 Å². The number of para-hydroxylation sites is 1. The predicted molar refractivity (Wildman–Crippen MR) is 98.5 cm³/mol. The van der Waals surface area contributed by atoms with Gasteiger partial charge in [-0.1, -0.05) is 47.8 Å². The van der Waals surface area contributed by atoms with Crippen molar-refractivity contribution in [1.82, 2.24) is 0 Å². The molecule has 3 aromatic rings. The molecule has 0 fully saturated rings. The van der Waals surface area contributed by atoms with E-state index in [-0.39, 0.29) is 0 Å². The van der Waals surface area contributed by atoms with Crippen molar-refractivity contribution in [3.05, 3.63) is 72.8 Å². The first-order valence-electron chi connectivity index (χ1n) is 7.19. The standard InChI is InChI=1S/C19H17NOS2/c1-21-14-10-12-15(13-11-14)22-18-8-4-5-9-19(18)23-17-7-3-2-6-16(17)20/h2-13H,20H2,1H3. The lowest BCUT2D eigenvalue weighted by Crippen LogP contribution is -1.88. The first-order valence-corrected chi connectivity index (χ1v) is 8.83. The molecule has 0 atom stereocenters. The summed E-state index contributed by atoms with van der Waals surface area (Å²) in [5.74, 6) is 0.870. The number of anilines is 1. The molecular formula is C19H17NOS2. The fourth-order valence-electron chi connectivity index (χ4n) is 2.08. The molecule has 0 spiro atoms.